The van der Waals surface area contributed by atoms with Gasteiger partial charge in [0.15, 0.2) is 5.54 Å². The van der Waals surface area contributed by atoms with Gasteiger partial charge in [-0.25, -0.2) is 4.68 Å². The number of benzene rings is 3. The van der Waals surface area contributed by atoms with E-state index in [0.717, 1.165) is 16.0 Å². The van der Waals surface area contributed by atoms with Gasteiger partial charge in [-0.2, -0.15) is 0 Å². The van der Waals surface area contributed by atoms with Gasteiger partial charge in [0.25, 0.3) is 5.56 Å². The van der Waals surface area contributed by atoms with Crippen LogP contribution in [0.1, 0.15) is 28.4 Å². The standard InChI is InChI=1S/C33H32N4O6/c1-21-25(30(39)37(35(21)2)24-16-10-5-11-17-24)28-26-27(31(40)36(29(26)38)18-22-12-6-3-7-13-22)33(34-28,32(41)42)20-43-19-23-14-8-4-9-15-23/h3-17,26-28,34H,18-20H2,1-2H3,(H,41,42). The van der Waals surface area contributed by atoms with Gasteiger partial charge in [-0.15, -0.1) is 0 Å². The fraction of sp³-hybridized carbons (Fsp3) is 0.273. The van der Waals surface area contributed by atoms with E-state index in [1.807, 2.05) is 66.7 Å². The molecular formula is C33H32N4O6. The van der Waals surface area contributed by atoms with Crippen molar-refractivity contribution in [3.05, 3.63) is 124 Å². The van der Waals surface area contributed by atoms with E-state index < -0.39 is 46.8 Å². The first-order valence-corrected chi connectivity index (χ1v) is 14.1. The summed E-state index contributed by atoms with van der Waals surface area (Å²) in [6.07, 6.45) is 0. The number of nitrogens with zero attached hydrogens (tertiary/aromatic N) is 3. The number of aromatic nitrogens is 2. The highest BCUT2D eigenvalue weighted by molar-refractivity contribution is 6.09. The quantitative estimate of drug-likeness (QED) is 0.292. The van der Waals surface area contributed by atoms with Crippen LogP contribution in [0.3, 0.4) is 0 Å². The number of carboxylic acid groups (broad SMARTS) is 1. The summed E-state index contributed by atoms with van der Waals surface area (Å²) in [4.78, 5) is 56.5. The van der Waals surface area contributed by atoms with Crippen molar-refractivity contribution in [1.82, 2.24) is 19.6 Å². The van der Waals surface area contributed by atoms with Gasteiger partial charge >= 0.3 is 5.97 Å². The first-order chi connectivity index (χ1) is 20.7. The lowest BCUT2D eigenvalue weighted by Crippen LogP contribution is -2.59. The summed E-state index contributed by atoms with van der Waals surface area (Å²) in [5.74, 6) is -4.84. The van der Waals surface area contributed by atoms with E-state index in [0.29, 0.717) is 11.4 Å². The maximum absolute atomic E-state index is 14.1. The van der Waals surface area contributed by atoms with Crippen molar-refractivity contribution < 1.29 is 24.2 Å². The van der Waals surface area contributed by atoms with Crippen LogP contribution >= 0.6 is 0 Å². The Kier molecular flexibility index (Phi) is 7.33. The van der Waals surface area contributed by atoms with Crippen molar-refractivity contribution in [3.8, 4) is 5.69 Å². The zero-order valence-corrected chi connectivity index (χ0v) is 23.8. The summed E-state index contributed by atoms with van der Waals surface area (Å²) in [7, 11) is 1.73. The van der Waals surface area contributed by atoms with Crippen LogP contribution in [0.4, 0.5) is 0 Å². The van der Waals surface area contributed by atoms with Crippen LogP contribution < -0.4 is 10.9 Å². The number of likely N-dealkylation sites (tertiary alicyclic amines) is 1. The molecule has 0 radical (unpaired) electrons. The number of amides is 2. The molecule has 1 aromatic heterocycles. The number of hydrogen-bond acceptors (Lipinski definition) is 6. The highest BCUT2D eigenvalue weighted by atomic mass is 16.5. The van der Waals surface area contributed by atoms with Gasteiger partial charge < -0.3 is 9.84 Å². The summed E-state index contributed by atoms with van der Waals surface area (Å²) >= 11 is 0. The number of carbonyl (C=O) groups is 3. The smallest absolute Gasteiger partial charge is 0.327 e. The zero-order valence-electron chi connectivity index (χ0n) is 23.8. The molecule has 3 aromatic carbocycles. The van der Waals surface area contributed by atoms with E-state index in [9.17, 15) is 24.3 Å². The number of rotatable bonds is 9. The fourth-order valence-electron chi connectivity index (χ4n) is 6.47. The molecule has 4 aromatic rings. The van der Waals surface area contributed by atoms with Gasteiger partial charge in [-0.05, 0) is 30.2 Å². The van der Waals surface area contributed by atoms with Gasteiger partial charge in [0.05, 0.1) is 48.9 Å². The predicted molar refractivity (Wildman–Crippen MR) is 157 cm³/mol. The van der Waals surface area contributed by atoms with E-state index in [-0.39, 0.29) is 25.3 Å². The van der Waals surface area contributed by atoms with Crippen molar-refractivity contribution >= 4 is 17.8 Å². The Morgan fingerprint density at radius 1 is 0.884 bits per heavy atom. The molecule has 10 nitrogen and oxygen atoms in total. The summed E-state index contributed by atoms with van der Waals surface area (Å²) in [5, 5.41) is 13.8. The molecular weight excluding hydrogens is 548 g/mol. The Morgan fingerprint density at radius 3 is 2.07 bits per heavy atom. The van der Waals surface area contributed by atoms with E-state index >= 15 is 0 Å². The first kappa shape index (κ1) is 28.3. The number of nitrogens with one attached hydrogen (secondary N) is 1. The third kappa shape index (κ3) is 4.68. The third-order valence-corrected chi connectivity index (χ3v) is 8.66. The Balaban J connectivity index is 1.44. The van der Waals surface area contributed by atoms with Crippen LogP contribution in [0.5, 0.6) is 0 Å². The van der Waals surface area contributed by atoms with Crippen LogP contribution in [-0.4, -0.2) is 49.3 Å². The lowest BCUT2D eigenvalue weighted by Gasteiger charge is -2.31. The topological polar surface area (TPSA) is 123 Å². The van der Waals surface area contributed by atoms with Crippen molar-refractivity contribution in [2.75, 3.05) is 6.61 Å². The number of aliphatic carboxylic acids is 1. The summed E-state index contributed by atoms with van der Waals surface area (Å²) in [6.45, 7) is 1.48. The van der Waals surface area contributed by atoms with Crippen LogP contribution in [-0.2, 0) is 39.3 Å². The molecule has 0 bridgehead atoms. The van der Waals surface area contributed by atoms with Gasteiger partial charge in [0.1, 0.15) is 0 Å². The van der Waals surface area contributed by atoms with Crippen LogP contribution in [0.15, 0.2) is 95.8 Å². The Hall–Kier alpha value is -4.80. The maximum atomic E-state index is 14.1. The predicted octanol–water partition coefficient (Wildman–Crippen LogP) is 2.97. The minimum atomic E-state index is -1.95. The molecule has 2 saturated heterocycles. The molecule has 10 heteroatoms. The Bertz CT molecular complexity index is 1730. The lowest BCUT2D eigenvalue weighted by molar-refractivity contribution is -0.155. The second-order valence-corrected chi connectivity index (χ2v) is 11.1. The van der Waals surface area contributed by atoms with Crippen LogP contribution in [0.25, 0.3) is 5.69 Å². The minimum Gasteiger partial charge on any atom is -0.480 e. The molecule has 2 amide bonds. The Labute approximate surface area is 248 Å². The van der Waals surface area contributed by atoms with Crippen molar-refractivity contribution in [3.63, 3.8) is 0 Å². The SMILES string of the molecule is Cc1c(C2NC(COCc3ccccc3)(C(=O)O)C3C(=O)N(Cc4ccccc4)C(=O)C23)c(=O)n(-c2ccccc2)n1C. The highest BCUT2D eigenvalue weighted by Gasteiger charge is 2.69. The normalized spacial score (nSPS) is 23.1. The number of ether oxygens (including phenoxy) is 1. The first-order valence-electron chi connectivity index (χ1n) is 14.1. The molecule has 4 atom stereocenters. The van der Waals surface area contributed by atoms with Crippen molar-refractivity contribution in [2.24, 2.45) is 18.9 Å². The maximum Gasteiger partial charge on any atom is 0.327 e. The highest BCUT2D eigenvalue weighted by Crippen LogP contribution is 2.49. The Morgan fingerprint density at radius 2 is 1.47 bits per heavy atom. The number of carbonyl (C=O) groups excluding carboxylic acids is 2. The molecule has 0 spiro atoms. The van der Waals surface area contributed by atoms with Gasteiger partial charge in [-0.1, -0.05) is 78.9 Å². The van der Waals surface area contributed by atoms with Crippen LogP contribution in [0.2, 0.25) is 0 Å². The second kappa shape index (κ2) is 11.1. The summed E-state index contributed by atoms with van der Waals surface area (Å²) in [5.41, 5.74) is 0.642. The molecule has 2 aliphatic rings. The molecule has 2 aliphatic heterocycles. The lowest BCUT2D eigenvalue weighted by atomic mass is 9.79. The molecule has 43 heavy (non-hydrogen) atoms. The second-order valence-electron chi connectivity index (χ2n) is 11.1. The molecule has 4 unspecified atom stereocenters. The number of carboxylic acids is 1. The van der Waals surface area contributed by atoms with Gasteiger partial charge in [0.2, 0.25) is 11.8 Å². The number of para-hydroxylation sites is 1. The average molecular weight is 581 g/mol. The van der Waals surface area contributed by atoms with E-state index in [4.69, 9.17) is 4.74 Å². The van der Waals surface area contributed by atoms with E-state index in [2.05, 4.69) is 5.32 Å². The van der Waals surface area contributed by atoms with Gasteiger partial charge in [0, 0.05) is 12.7 Å². The molecule has 2 fully saturated rings. The summed E-state index contributed by atoms with van der Waals surface area (Å²) in [6, 6.07) is 26.3. The monoisotopic (exact) mass is 580 g/mol. The largest absolute Gasteiger partial charge is 0.480 e. The number of hydrogen-bond donors (Lipinski definition) is 2. The number of imide groups is 1. The fourth-order valence-corrected chi connectivity index (χ4v) is 6.47. The average Bonchev–Trinajstić information content (AvgIpc) is 3.56. The molecule has 3 heterocycles. The third-order valence-electron chi connectivity index (χ3n) is 8.66. The summed E-state index contributed by atoms with van der Waals surface area (Å²) < 4.78 is 9.11. The molecule has 0 saturated carbocycles. The van der Waals surface area contributed by atoms with Gasteiger partial charge in [-0.3, -0.25) is 34.1 Å². The van der Waals surface area contributed by atoms with Crippen LogP contribution in [0, 0.1) is 18.8 Å². The minimum absolute atomic E-state index is 0.000811. The van der Waals surface area contributed by atoms with Crippen molar-refractivity contribution in [2.45, 2.75) is 31.7 Å². The van der Waals surface area contributed by atoms with E-state index in [1.165, 1.54) is 4.68 Å². The molecule has 6 rings (SSSR count). The zero-order chi connectivity index (χ0) is 30.3. The van der Waals surface area contributed by atoms with E-state index in [1.54, 1.807) is 42.9 Å². The van der Waals surface area contributed by atoms with Crippen molar-refractivity contribution in [1.29, 1.82) is 0 Å². The molecule has 220 valence electrons. The molecule has 0 aliphatic carbocycles. The number of fused-ring (bicyclic) bond motifs is 1. The molecule has 2 N–H and O–H groups in total.